The molecule has 1 rings (SSSR count). The second kappa shape index (κ2) is 9.32. The van der Waals surface area contributed by atoms with Crippen molar-refractivity contribution < 1.29 is 9.18 Å². The van der Waals surface area contributed by atoms with Gasteiger partial charge in [0.1, 0.15) is 5.82 Å². The van der Waals surface area contributed by atoms with E-state index >= 15 is 0 Å². The number of hydrogen-bond acceptors (Lipinski definition) is 1. The Labute approximate surface area is 134 Å². The Kier molecular flexibility index (Phi) is 8.11. The summed E-state index contributed by atoms with van der Waals surface area (Å²) in [5, 5.41) is 2.89. The predicted molar refractivity (Wildman–Crippen MR) is 89.4 cm³/mol. The van der Waals surface area contributed by atoms with Crippen molar-refractivity contribution in [2.45, 2.75) is 46.0 Å². The maximum Gasteiger partial charge on any atom is 0.252 e. The van der Waals surface area contributed by atoms with Crippen LogP contribution in [-0.2, 0) is 0 Å². The van der Waals surface area contributed by atoms with Gasteiger partial charge in [-0.05, 0) is 53.1 Å². The molecule has 20 heavy (non-hydrogen) atoms. The molecule has 112 valence electrons. The summed E-state index contributed by atoms with van der Waals surface area (Å²) in [6.07, 6.45) is 5.92. The first kappa shape index (κ1) is 17.4. The molecule has 0 spiro atoms. The van der Waals surface area contributed by atoms with Crippen LogP contribution < -0.4 is 5.32 Å². The molecule has 1 aromatic carbocycles. The molecule has 2 nitrogen and oxygen atoms in total. The summed E-state index contributed by atoms with van der Waals surface area (Å²) in [6.45, 7) is 5.17. The van der Waals surface area contributed by atoms with Crippen molar-refractivity contribution in [1.82, 2.24) is 5.32 Å². The normalized spacial score (nSPS) is 10.8. The first-order valence-electron chi connectivity index (χ1n) is 7.24. The predicted octanol–water partition coefficient (Wildman–Crippen LogP) is 4.77. The number of carbonyl (C=O) groups excluding carboxylic acids is 1. The van der Waals surface area contributed by atoms with Crippen LogP contribution in [0.4, 0.5) is 4.39 Å². The monoisotopic (exact) mass is 391 g/mol. The first-order valence-corrected chi connectivity index (χ1v) is 8.32. The van der Waals surface area contributed by atoms with E-state index in [2.05, 4.69) is 19.2 Å². The van der Waals surface area contributed by atoms with E-state index in [0.29, 0.717) is 15.7 Å². The van der Waals surface area contributed by atoms with E-state index in [4.69, 9.17) is 0 Å². The maximum atomic E-state index is 13.0. The van der Waals surface area contributed by atoms with Crippen molar-refractivity contribution in [1.29, 1.82) is 0 Å². The van der Waals surface area contributed by atoms with Gasteiger partial charge in [0.05, 0.1) is 5.56 Å². The van der Waals surface area contributed by atoms with Crippen LogP contribution >= 0.6 is 22.6 Å². The van der Waals surface area contributed by atoms with E-state index in [1.807, 2.05) is 22.6 Å². The van der Waals surface area contributed by atoms with E-state index in [-0.39, 0.29) is 11.7 Å². The van der Waals surface area contributed by atoms with E-state index in [1.54, 1.807) is 0 Å². The fourth-order valence-corrected chi connectivity index (χ4v) is 2.72. The van der Waals surface area contributed by atoms with Gasteiger partial charge in [-0.2, -0.15) is 0 Å². The molecule has 0 aliphatic carbocycles. The molecule has 0 aliphatic rings. The third-order valence-electron chi connectivity index (χ3n) is 3.17. The number of nitrogens with one attached hydrogen (secondary N) is 1. The third-order valence-corrected chi connectivity index (χ3v) is 4.06. The van der Waals surface area contributed by atoms with Crippen LogP contribution in [0.3, 0.4) is 0 Å². The molecular formula is C16H23FINO. The lowest BCUT2D eigenvalue weighted by Crippen LogP contribution is -2.25. The molecule has 0 radical (unpaired) electrons. The van der Waals surface area contributed by atoms with Crippen LogP contribution in [0.5, 0.6) is 0 Å². The molecule has 0 aliphatic heterocycles. The van der Waals surface area contributed by atoms with Crippen molar-refractivity contribution in [2.24, 2.45) is 5.92 Å². The minimum absolute atomic E-state index is 0.114. The lowest BCUT2D eigenvalue weighted by atomic mass is 10.0. The van der Waals surface area contributed by atoms with E-state index < -0.39 is 0 Å². The second-order valence-electron chi connectivity index (χ2n) is 5.48. The molecule has 0 saturated carbocycles. The minimum atomic E-state index is -0.309. The summed E-state index contributed by atoms with van der Waals surface area (Å²) < 4.78 is 13.6. The summed E-state index contributed by atoms with van der Waals surface area (Å²) in [7, 11) is 0. The maximum absolute atomic E-state index is 13.0. The standard InChI is InChI=1S/C16H23FINO/c1-12(2)7-5-3-4-6-10-19-16(20)14-9-8-13(17)11-15(14)18/h8-9,11-12H,3-7,10H2,1-2H3,(H,19,20). The molecule has 0 atom stereocenters. The topological polar surface area (TPSA) is 29.1 Å². The average Bonchev–Trinajstić information content (AvgIpc) is 2.37. The third kappa shape index (κ3) is 6.68. The average molecular weight is 391 g/mol. The fourth-order valence-electron chi connectivity index (χ4n) is 2.00. The Morgan fingerprint density at radius 2 is 1.95 bits per heavy atom. The highest BCUT2D eigenvalue weighted by Gasteiger charge is 2.09. The van der Waals surface area contributed by atoms with Gasteiger partial charge in [0.15, 0.2) is 0 Å². The largest absolute Gasteiger partial charge is 0.352 e. The van der Waals surface area contributed by atoms with Crippen molar-refractivity contribution in [2.75, 3.05) is 6.54 Å². The molecule has 1 aromatic rings. The molecule has 1 amide bonds. The van der Waals surface area contributed by atoms with Crippen LogP contribution in [0.25, 0.3) is 0 Å². The first-order chi connectivity index (χ1) is 9.50. The Hall–Kier alpha value is -0.650. The Balaban J connectivity index is 2.20. The second-order valence-corrected chi connectivity index (χ2v) is 6.64. The highest BCUT2D eigenvalue weighted by atomic mass is 127. The molecule has 0 unspecified atom stereocenters. The summed E-state index contributed by atoms with van der Waals surface area (Å²) in [6, 6.07) is 4.24. The van der Waals surface area contributed by atoms with Gasteiger partial charge in [-0.25, -0.2) is 4.39 Å². The zero-order valence-electron chi connectivity index (χ0n) is 12.2. The number of amides is 1. The van der Waals surface area contributed by atoms with Gasteiger partial charge in [-0.3, -0.25) is 4.79 Å². The fraction of sp³-hybridized carbons (Fsp3) is 0.562. The highest BCUT2D eigenvalue weighted by Crippen LogP contribution is 2.14. The quantitative estimate of drug-likeness (QED) is 0.502. The van der Waals surface area contributed by atoms with Crippen molar-refractivity contribution in [3.8, 4) is 0 Å². The van der Waals surface area contributed by atoms with E-state index in [0.717, 1.165) is 18.8 Å². The van der Waals surface area contributed by atoms with Crippen molar-refractivity contribution in [3.63, 3.8) is 0 Å². The molecule has 4 heteroatoms. The van der Waals surface area contributed by atoms with Gasteiger partial charge < -0.3 is 5.32 Å². The summed E-state index contributed by atoms with van der Waals surface area (Å²) in [4.78, 5) is 11.9. The summed E-state index contributed by atoms with van der Waals surface area (Å²) in [5.41, 5.74) is 0.548. The van der Waals surface area contributed by atoms with E-state index in [1.165, 1.54) is 37.5 Å². The molecule has 0 heterocycles. The number of carbonyl (C=O) groups is 1. The van der Waals surface area contributed by atoms with Crippen LogP contribution in [-0.4, -0.2) is 12.5 Å². The lowest BCUT2D eigenvalue weighted by molar-refractivity contribution is 0.0952. The van der Waals surface area contributed by atoms with Crippen LogP contribution in [0.1, 0.15) is 56.3 Å². The number of benzene rings is 1. The smallest absolute Gasteiger partial charge is 0.252 e. The Morgan fingerprint density at radius 3 is 2.60 bits per heavy atom. The summed E-state index contributed by atoms with van der Waals surface area (Å²) >= 11 is 1.99. The van der Waals surface area contributed by atoms with Gasteiger partial charge in [0.2, 0.25) is 0 Å². The highest BCUT2D eigenvalue weighted by molar-refractivity contribution is 14.1. The summed E-state index contributed by atoms with van der Waals surface area (Å²) in [5.74, 6) is 0.350. The Morgan fingerprint density at radius 1 is 1.25 bits per heavy atom. The Bertz CT molecular complexity index is 434. The number of unbranched alkanes of at least 4 members (excludes halogenated alkanes) is 3. The van der Waals surface area contributed by atoms with Gasteiger partial charge >= 0.3 is 0 Å². The molecule has 0 aromatic heterocycles. The van der Waals surface area contributed by atoms with Gasteiger partial charge in [0.25, 0.3) is 5.91 Å². The number of hydrogen-bond donors (Lipinski definition) is 1. The van der Waals surface area contributed by atoms with Crippen LogP contribution in [0.15, 0.2) is 18.2 Å². The van der Waals surface area contributed by atoms with Gasteiger partial charge in [-0.15, -0.1) is 0 Å². The molecule has 0 fully saturated rings. The number of halogens is 2. The zero-order chi connectivity index (χ0) is 15.0. The van der Waals surface area contributed by atoms with Crippen LogP contribution in [0.2, 0.25) is 0 Å². The van der Waals surface area contributed by atoms with Gasteiger partial charge in [0, 0.05) is 10.1 Å². The molecule has 0 saturated heterocycles. The molecule has 1 N–H and O–H groups in total. The molecule has 0 bridgehead atoms. The van der Waals surface area contributed by atoms with Crippen LogP contribution in [0, 0.1) is 15.3 Å². The zero-order valence-corrected chi connectivity index (χ0v) is 14.4. The lowest BCUT2D eigenvalue weighted by Gasteiger charge is -2.07. The van der Waals surface area contributed by atoms with Crippen molar-refractivity contribution in [3.05, 3.63) is 33.1 Å². The minimum Gasteiger partial charge on any atom is -0.352 e. The van der Waals surface area contributed by atoms with Crippen molar-refractivity contribution >= 4 is 28.5 Å². The van der Waals surface area contributed by atoms with Gasteiger partial charge in [-0.1, -0.05) is 39.5 Å². The number of rotatable bonds is 8. The van der Waals surface area contributed by atoms with E-state index in [9.17, 15) is 9.18 Å². The molecular weight excluding hydrogens is 368 g/mol. The SMILES string of the molecule is CC(C)CCCCCCNC(=O)c1ccc(F)cc1I.